The molecule has 1 aliphatic heterocycles. The van der Waals surface area contributed by atoms with Gasteiger partial charge >= 0.3 is 0 Å². The highest BCUT2D eigenvalue weighted by Crippen LogP contribution is 2.09. The van der Waals surface area contributed by atoms with Crippen LogP contribution in [0.5, 0.6) is 0 Å². The Bertz CT molecular complexity index is 418. The summed E-state index contributed by atoms with van der Waals surface area (Å²) in [7, 11) is 0. The van der Waals surface area contributed by atoms with E-state index >= 15 is 0 Å². The number of hydrogen-bond acceptors (Lipinski definition) is 5. The molecule has 5 heteroatoms. The molecule has 0 saturated heterocycles. The van der Waals surface area contributed by atoms with Gasteiger partial charge in [-0.2, -0.15) is 0 Å². The van der Waals surface area contributed by atoms with Crippen LogP contribution < -0.4 is 10.6 Å². The molecule has 0 radical (unpaired) electrons. The highest BCUT2D eigenvalue weighted by Gasteiger charge is 2.07. The molecule has 15 heavy (non-hydrogen) atoms. The van der Waals surface area contributed by atoms with Gasteiger partial charge in [0.2, 0.25) is 5.95 Å². The summed E-state index contributed by atoms with van der Waals surface area (Å²) in [5, 5.41) is 0. The molecule has 1 aromatic rings. The molecule has 0 fully saturated rings. The zero-order chi connectivity index (χ0) is 10.7. The third-order valence-corrected chi connectivity index (χ3v) is 1.97. The van der Waals surface area contributed by atoms with E-state index in [1.165, 1.54) is 0 Å². The highest BCUT2D eigenvalue weighted by atomic mass is 15.3. The predicted octanol–water partition coefficient (Wildman–Crippen LogP) is 0.768. The zero-order valence-electron chi connectivity index (χ0n) is 8.17. The number of rotatable bonds is 2. The molecule has 0 amide bonds. The lowest BCUT2D eigenvalue weighted by molar-refractivity contribution is 1.01. The summed E-state index contributed by atoms with van der Waals surface area (Å²) >= 11 is 0. The van der Waals surface area contributed by atoms with Gasteiger partial charge in [-0.1, -0.05) is 6.58 Å². The maximum atomic E-state index is 5.52. The average Bonchev–Trinajstić information content (AvgIpc) is 2.30. The van der Waals surface area contributed by atoms with Gasteiger partial charge in [0.05, 0.1) is 6.34 Å². The predicted molar refractivity (Wildman–Crippen MR) is 60.2 cm³/mol. The highest BCUT2D eigenvalue weighted by molar-refractivity contribution is 5.77. The van der Waals surface area contributed by atoms with Gasteiger partial charge in [0, 0.05) is 36.4 Å². The fourth-order valence-corrected chi connectivity index (χ4v) is 1.16. The number of nitrogens with zero attached hydrogens (tertiary/aromatic N) is 4. The molecule has 2 heterocycles. The van der Waals surface area contributed by atoms with Crippen LogP contribution in [0.4, 0.5) is 5.95 Å². The van der Waals surface area contributed by atoms with Gasteiger partial charge in [-0.15, -0.1) is 0 Å². The normalized spacial score (nSPS) is 14.3. The van der Waals surface area contributed by atoms with Crippen molar-refractivity contribution in [3.8, 4) is 0 Å². The van der Waals surface area contributed by atoms with E-state index in [0.717, 1.165) is 12.1 Å². The maximum Gasteiger partial charge on any atom is 0.230 e. The van der Waals surface area contributed by atoms with Crippen LogP contribution in [-0.4, -0.2) is 22.9 Å². The minimum absolute atomic E-state index is 0.466. The van der Waals surface area contributed by atoms with Crippen molar-refractivity contribution in [2.75, 3.05) is 11.4 Å². The third kappa shape index (κ3) is 2.01. The summed E-state index contributed by atoms with van der Waals surface area (Å²) in [4.78, 5) is 14.2. The van der Waals surface area contributed by atoms with E-state index in [1.54, 1.807) is 24.9 Å². The molecule has 76 valence electrons. The molecule has 0 aliphatic carbocycles. The first-order valence-corrected chi connectivity index (χ1v) is 4.49. The van der Waals surface area contributed by atoms with Gasteiger partial charge in [0.1, 0.15) is 0 Å². The molecule has 2 rings (SSSR count). The SMILES string of the molecule is C=C(N)c1cnc(N2C=NC=CC2)nc1. The first-order valence-electron chi connectivity index (χ1n) is 4.49. The minimum atomic E-state index is 0.466. The molecule has 0 unspecified atom stereocenters. The van der Waals surface area contributed by atoms with Crippen molar-refractivity contribution in [3.63, 3.8) is 0 Å². The first-order chi connectivity index (χ1) is 7.27. The van der Waals surface area contributed by atoms with E-state index in [1.807, 2.05) is 11.0 Å². The van der Waals surface area contributed by atoms with Crippen molar-refractivity contribution >= 4 is 18.0 Å². The first kappa shape index (κ1) is 9.39. The molecule has 0 saturated carbocycles. The van der Waals surface area contributed by atoms with Crippen LogP contribution in [0.15, 0.2) is 36.2 Å². The Morgan fingerprint density at radius 3 is 2.67 bits per heavy atom. The lowest BCUT2D eigenvalue weighted by Gasteiger charge is -2.16. The van der Waals surface area contributed by atoms with E-state index in [9.17, 15) is 0 Å². The average molecular weight is 201 g/mol. The molecule has 1 aliphatic rings. The largest absolute Gasteiger partial charge is 0.399 e. The Labute approximate surface area is 87.7 Å². The lowest BCUT2D eigenvalue weighted by atomic mass is 10.3. The van der Waals surface area contributed by atoms with Gasteiger partial charge in [0.15, 0.2) is 0 Å². The Morgan fingerprint density at radius 2 is 2.13 bits per heavy atom. The second-order valence-electron chi connectivity index (χ2n) is 3.10. The van der Waals surface area contributed by atoms with E-state index < -0.39 is 0 Å². The maximum absolute atomic E-state index is 5.52. The molecule has 0 bridgehead atoms. The van der Waals surface area contributed by atoms with Crippen LogP contribution in [0.25, 0.3) is 5.70 Å². The van der Waals surface area contributed by atoms with Gasteiger partial charge in [0.25, 0.3) is 0 Å². The van der Waals surface area contributed by atoms with Crippen LogP contribution in [0.2, 0.25) is 0 Å². The summed E-state index contributed by atoms with van der Waals surface area (Å²) in [5.74, 6) is 0.605. The molecule has 0 atom stereocenters. The second kappa shape index (κ2) is 3.91. The fraction of sp³-hybridized carbons (Fsp3) is 0.100. The van der Waals surface area contributed by atoms with Crippen molar-refractivity contribution in [2.24, 2.45) is 10.7 Å². The third-order valence-electron chi connectivity index (χ3n) is 1.97. The van der Waals surface area contributed by atoms with Crippen molar-refractivity contribution in [3.05, 3.63) is 36.8 Å². The van der Waals surface area contributed by atoms with Gasteiger partial charge < -0.3 is 5.73 Å². The summed E-state index contributed by atoms with van der Waals surface area (Å²) in [5.41, 5.74) is 6.72. The summed E-state index contributed by atoms with van der Waals surface area (Å²) < 4.78 is 0. The van der Waals surface area contributed by atoms with Crippen LogP contribution in [-0.2, 0) is 0 Å². The molecule has 2 N–H and O–H groups in total. The molecule has 0 aromatic carbocycles. The molecule has 0 spiro atoms. The molecular weight excluding hydrogens is 190 g/mol. The van der Waals surface area contributed by atoms with Crippen LogP contribution >= 0.6 is 0 Å². The Morgan fingerprint density at radius 1 is 1.40 bits per heavy atom. The number of nitrogens with two attached hydrogens (primary N) is 1. The number of anilines is 1. The Kier molecular flexibility index (Phi) is 2.45. The van der Waals surface area contributed by atoms with Gasteiger partial charge in [-0.05, 0) is 6.08 Å². The van der Waals surface area contributed by atoms with Crippen molar-refractivity contribution in [1.82, 2.24) is 9.97 Å². The zero-order valence-corrected chi connectivity index (χ0v) is 8.17. The molecule has 5 nitrogen and oxygen atoms in total. The Hall–Kier alpha value is -2.17. The van der Waals surface area contributed by atoms with E-state index in [0.29, 0.717) is 11.6 Å². The number of aliphatic imine (C=N–C) groups is 1. The van der Waals surface area contributed by atoms with Crippen LogP contribution in [0, 0.1) is 0 Å². The number of aromatic nitrogens is 2. The summed E-state index contributed by atoms with van der Waals surface area (Å²) in [6.07, 6.45) is 8.66. The van der Waals surface area contributed by atoms with Crippen molar-refractivity contribution < 1.29 is 0 Å². The smallest absolute Gasteiger partial charge is 0.230 e. The number of hydrogen-bond donors (Lipinski definition) is 1. The van der Waals surface area contributed by atoms with Crippen LogP contribution in [0.3, 0.4) is 0 Å². The van der Waals surface area contributed by atoms with E-state index in [-0.39, 0.29) is 0 Å². The van der Waals surface area contributed by atoms with Gasteiger partial charge in [-0.3, -0.25) is 4.90 Å². The second-order valence-corrected chi connectivity index (χ2v) is 3.10. The molecular formula is C10H11N5. The summed E-state index contributed by atoms with van der Waals surface area (Å²) in [6.45, 7) is 4.34. The van der Waals surface area contributed by atoms with Gasteiger partial charge in [-0.25, -0.2) is 15.0 Å². The van der Waals surface area contributed by atoms with E-state index in [4.69, 9.17) is 5.73 Å². The quantitative estimate of drug-likeness (QED) is 0.767. The molecule has 1 aromatic heterocycles. The minimum Gasteiger partial charge on any atom is -0.399 e. The Balaban J connectivity index is 2.20. The lowest BCUT2D eigenvalue weighted by Crippen LogP contribution is -2.25. The monoisotopic (exact) mass is 201 g/mol. The van der Waals surface area contributed by atoms with Crippen molar-refractivity contribution in [2.45, 2.75) is 0 Å². The van der Waals surface area contributed by atoms with E-state index in [2.05, 4.69) is 21.5 Å². The summed E-state index contributed by atoms with van der Waals surface area (Å²) in [6, 6.07) is 0. The fourth-order valence-electron chi connectivity index (χ4n) is 1.16. The van der Waals surface area contributed by atoms with Crippen molar-refractivity contribution in [1.29, 1.82) is 0 Å². The van der Waals surface area contributed by atoms with Crippen LogP contribution in [0.1, 0.15) is 5.56 Å². The topological polar surface area (TPSA) is 67.4 Å². The standard InChI is InChI=1S/C10H11N5/c1-8(11)9-5-13-10(14-6-9)15-4-2-3-12-7-15/h2-3,5-7H,1,4,11H2.